The molecule has 0 saturated heterocycles. The zero-order valence-corrected chi connectivity index (χ0v) is 30.7. The zero-order chi connectivity index (χ0) is 39.0. The second-order valence-electron chi connectivity index (χ2n) is 13.0. The number of quaternary nitrogens is 1. The topological polar surface area (TPSA) is 163 Å². The number of hydrogen-bond donors (Lipinski definition) is 3. The molecule has 0 aliphatic rings. The van der Waals surface area contributed by atoms with Crippen molar-refractivity contribution in [3.05, 3.63) is 179 Å². The van der Waals surface area contributed by atoms with E-state index in [0.717, 1.165) is 0 Å². The molecule has 0 bridgehead atoms. The molecule has 11 nitrogen and oxygen atoms in total. The van der Waals surface area contributed by atoms with Crippen LogP contribution in [-0.4, -0.2) is 47.0 Å². The number of aliphatic imine (C=N–C) groups is 1. The molecule has 0 fully saturated rings. The Morgan fingerprint density at radius 3 is 1.55 bits per heavy atom. The van der Waals surface area contributed by atoms with Gasteiger partial charge < -0.3 is 20.9 Å². The molecule has 55 heavy (non-hydrogen) atoms. The minimum absolute atomic E-state index is 0.0817. The van der Waals surface area contributed by atoms with Gasteiger partial charge in [-0.1, -0.05) is 152 Å². The van der Waals surface area contributed by atoms with E-state index in [1.807, 2.05) is 91.0 Å². The van der Waals surface area contributed by atoms with E-state index in [1.54, 1.807) is 67.6 Å². The van der Waals surface area contributed by atoms with Crippen LogP contribution >= 0.6 is 0 Å². The number of benzene rings is 5. The van der Waals surface area contributed by atoms with Crippen LogP contribution < -0.4 is 16.8 Å². The van der Waals surface area contributed by atoms with Crippen molar-refractivity contribution in [1.29, 1.82) is 0 Å². The van der Waals surface area contributed by atoms with Gasteiger partial charge >= 0.3 is 18.1 Å². The number of ether oxygens (including phenoxy) is 2. The summed E-state index contributed by atoms with van der Waals surface area (Å²) in [5.74, 6) is -2.74. The Morgan fingerprint density at radius 1 is 0.636 bits per heavy atom. The standard InChI is InChI=1S/C44H45N5O6/c1-32(35-22-11-4-12-23-35)49(44(53)55-31-34-20-9-3-10-21-34,41(51)39(36-24-13-5-14-25-36)37-26-15-6-16-27-37)38(28-17-29-47-42(45)46)40(50)48-43(52)54-30-33-18-7-2-8-19-33/h2-16,18-27,32,38-39H,17,28-31H2,1H3,(H4-,45,46,47,48,50,52)/p+1/t32?,38-,49-/m1/s1. The van der Waals surface area contributed by atoms with Crippen molar-refractivity contribution in [3.8, 4) is 0 Å². The van der Waals surface area contributed by atoms with E-state index in [4.69, 9.17) is 20.9 Å². The predicted molar refractivity (Wildman–Crippen MR) is 210 cm³/mol. The Labute approximate surface area is 321 Å². The van der Waals surface area contributed by atoms with Gasteiger partial charge in [0.25, 0.3) is 5.91 Å². The Hall–Kier alpha value is -6.59. The number of amides is 4. The molecule has 0 saturated carbocycles. The van der Waals surface area contributed by atoms with Crippen molar-refractivity contribution in [2.45, 2.75) is 51.0 Å². The summed E-state index contributed by atoms with van der Waals surface area (Å²) < 4.78 is 10.4. The molecule has 1 unspecified atom stereocenters. The smallest absolute Gasteiger partial charge is 0.444 e. The molecule has 3 atom stereocenters. The molecule has 0 aliphatic heterocycles. The molecule has 0 spiro atoms. The second-order valence-corrected chi connectivity index (χ2v) is 13.0. The second kappa shape index (κ2) is 19.5. The van der Waals surface area contributed by atoms with Crippen molar-refractivity contribution in [2.24, 2.45) is 16.5 Å². The van der Waals surface area contributed by atoms with Gasteiger partial charge in [-0.3, -0.25) is 15.1 Å². The number of carbonyl (C=O) groups is 4. The SMILES string of the molecule is CC(c1ccccc1)[N@+](C(=O)OCc1ccccc1)(C(=O)C(c1ccccc1)c1ccccc1)[C@H](CCCN=C(N)N)C(=O)NC(=O)OCc1ccccc1. The lowest BCUT2D eigenvalue weighted by atomic mass is 9.86. The molecule has 5 aromatic rings. The summed E-state index contributed by atoms with van der Waals surface area (Å²) in [4.78, 5) is 63.5. The molecular formula is C44H46N5O6+. The Morgan fingerprint density at radius 2 is 1.07 bits per heavy atom. The number of nitrogens with one attached hydrogen (secondary N) is 1. The molecule has 4 amide bonds. The summed E-state index contributed by atoms with van der Waals surface area (Å²) >= 11 is 0. The van der Waals surface area contributed by atoms with Gasteiger partial charge in [-0.25, -0.2) is 9.59 Å². The number of carbonyl (C=O) groups excluding carboxylic acids is 4. The lowest BCUT2D eigenvalue weighted by Gasteiger charge is -2.43. The van der Waals surface area contributed by atoms with E-state index in [1.165, 1.54) is 0 Å². The normalized spacial score (nSPS) is 13.1. The highest BCUT2D eigenvalue weighted by molar-refractivity contribution is 5.98. The molecule has 0 heterocycles. The number of alkyl carbamates (subject to hydrolysis) is 1. The fourth-order valence-electron chi connectivity index (χ4n) is 6.72. The van der Waals surface area contributed by atoms with Gasteiger partial charge in [0.1, 0.15) is 25.2 Å². The number of nitrogens with two attached hydrogens (primary N) is 2. The summed E-state index contributed by atoms with van der Waals surface area (Å²) in [6.45, 7) is 1.50. The lowest BCUT2D eigenvalue weighted by Crippen LogP contribution is -2.69. The maximum Gasteiger partial charge on any atom is 0.525 e. The molecule has 5 aromatic carbocycles. The maximum absolute atomic E-state index is 16.0. The largest absolute Gasteiger partial charge is 0.525 e. The van der Waals surface area contributed by atoms with Crippen molar-refractivity contribution in [3.63, 3.8) is 0 Å². The van der Waals surface area contributed by atoms with Gasteiger partial charge in [0.15, 0.2) is 12.0 Å². The number of nitrogens with zero attached hydrogens (tertiary/aromatic N) is 2. The number of rotatable bonds is 15. The minimum atomic E-state index is -1.53. The molecule has 5 rings (SSSR count). The van der Waals surface area contributed by atoms with Crippen molar-refractivity contribution in [2.75, 3.05) is 6.54 Å². The maximum atomic E-state index is 16.0. The monoisotopic (exact) mass is 740 g/mol. The first-order chi connectivity index (χ1) is 26.7. The van der Waals surface area contributed by atoms with Crippen molar-refractivity contribution in [1.82, 2.24) is 5.32 Å². The van der Waals surface area contributed by atoms with Crippen LogP contribution in [0.25, 0.3) is 0 Å². The Bertz CT molecular complexity index is 1990. The fraction of sp³-hybridized carbons (Fsp3) is 0.205. The van der Waals surface area contributed by atoms with Gasteiger partial charge in [-0.15, -0.1) is 4.48 Å². The van der Waals surface area contributed by atoms with E-state index in [2.05, 4.69) is 10.3 Å². The molecule has 282 valence electrons. The van der Waals surface area contributed by atoms with Crippen LogP contribution in [0.2, 0.25) is 0 Å². The number of guanidine groups is 1. The molecular weight excluding hydrogens is 695 g/mol. The predicted octanol–water partition coefficient (Wildman–Crippen LogP) is 7.14. The highest BCUT2D eigenvalue weighted by Gasteiger charge is 2.61. The first-order valence-corrected chi connectivity index (χ1v) is 18.1. The third-order valence-electron chi connectivity index (χ3n) is 9.44. The van der Waals surface area contributed by atoms with Gasteiger partial charge in [0.2, 0.25) is 0 Å². The van der Waals surface area contributed by atoms with Crippen molar-refractivity contribution < 1.29 is 33.1 Å². The highest BCUT2D eigenvalue weighted by atomic mass is 16.6. The summed E-state index contributed by atoms with van der Waals surface area (Å²) in [5, 5.41) is 2.35. The Kier molecular flexibility index (Phi) is 14.0. The van der Waals surface area contributed by atoms with Gasteiger partial charge in [0, 0.05) is 18.5 Å². The van der Waals surface area contributed by atoms with Crippen LogP contribution in [-0.2, 0) is 32.3 Å². The average molecular weight is 741 g/mol. The summed E-state index contributed by atoms with van der Waals surface area (Å²) in [7, 11) is 0. The van der Waals surface area contributed by atoms with Crippen molar-refractivity contribution >= 4 is 30.0 Å². The van der Waals surface area contributed by atoms with Crippen LogP contribution in [0.1, 0.15) is 59.5 Å². The van der Waals surface area contributed by atoms with Crippen LogP contribution in [0.3, 0.4) is 0 Å². The Balaban J connectivity index is 1.71. The summed E-state index contributed by atoms with van der Waals surface area (Å²) in [6.07, 6.45) is -1.95. The van der Waals surface area contributed by atoms with Crippen LogP contribution in [0.4, 0.5) is 9.59 Å². The third kappa shape index (κ3) is 10.1. The fourth-order valence-corrected chi connectivity index (χ4v) is 6.72. The first kappa shape index (κ1) is 39.6. The minimum Gasteiger partial charge on any atom is -0.444 e. The van der Waals surface area contributed by atoms with Gasteiger partial charge in [-0.2, -0.15) is 4.79 Å². The molecule has 5 N–H and O–H groups in total. The van der Waals surface area contributed by atoms with Gasteiger partial charge in [-0.05, 0) is 35.6 Å². The number of hydrogen-bond acceptors (Lipinski definition) is 7. The average Bonchev–Trinajstić information content (AvgIpc) is 3.22. The quantitative estimate of drug-likeness (QED) is 0.0442. The summed E-state index contributed by atoms with van der Waals surface area (Å²) in [6, 6.07) is 42.6. The van der Waals surface area contributed by atoms with E-state index >= 15 is 9.59 Å². The lowest BCUT2D eigenvalue weighted by molar-refractivity contribution is -0.831. The highest BCUT2D eigenvalue weighted by Crippen LogP contribution is 2.41. The van der Waals surface area contributed by atoms with Gasteiger partial charge in [0.05, 0.1) is 0 Å². The van der Waals surface area contributed by atoms with Crippen LogP contribution in [0.5, 0.6) is 0 Å². The van der Waals surface area contributed by atoms with E-state index in [9.17, 15) is 9.59 Å². The van der Waals surface area contributed by atoms with E-state index in [0.29, 0.717) is 27.8 Å². The molecule has 0 radical (unpaired) electrons. The van der Waals surface area contributed by atoms with Crippen LogP contribution in [0, 0.1) is 0 Å². The molecule has 0 aliphatic carbocycles. The van der Waals surface area contributed by atoms with E-state index < -0.39 is 46.5 Å². The molecule has 11 heteroatoms. The molecule has 0 aromatic heterocycles. The van der Waals surface area contributed by atoms with Crippen LogP contribution in [0.15, 0.2) is 157 Å². The summed E-state index contributed by atoms with van der Waals surface area (Å²) in [5.41, 5.74) is 14.4. The zero-order valence-electron chi connectivity index (χ0n) is 30.7. The number of imide groups is 2. The first-order valence-electron chi connectivity index (χ1n) is 18.1. The van der Waals surface area contributed by atoms with E-state index in [-0.39, 0.29) is 38.6 Å². The third-order valence-corrected chi connectivity index (χ3v) is 9.44.